The Bertz CT molecular complexity index is 613. The van der Waals surface area contributed by atoms with Crippen molar-refractivity contribution in [3.63, 3.8) is 0 Å². The first-order chi connectivity index (χ1) is 10.2. The number of benzene rings is 2. The van der Waals surface area contributed by atoms with Crippen molar-refractivity contribution in [1.82, 2.24) is 0 Å². The van der Waals surface area contributed by atoms with E-state index in [0.717, 1.165) is 12.3 Å². The minimum absolute atomic E-state index is 0.0694. The van der Waals surface area contributed by atoms with E-state index in [2.05, 4.69) is 70.7 Å². The molecule has 108 valence electrons. The van der Waals surface area contributed by atoms with Crippen LogP contribution in [0.5, 0.6) is 0 Å². The van der Waals surface area contributed by atoms with E-state index in [1.54, 1.807) is 0 Å². The molecule has 2 aromatic rings. The van der Waals surface area contributed by atoms with E-state index >= 15 is 0 Å². The predicted molar refractivity (Wildman–Crippen MR) is 88.7 cm³/mol. The monoisotopic (exact) mass is 279 g/mol. The molecule has 0 saturated heterocycles. The van der Waals surface area contributed by atoms with Crippen LogP contribution in [-0.2, 0) is 6.42 Å². The van der Waals surface area contributed by atoms with Gasteiger partial charge in [0.2, 0.25) is 0 Å². The molecule has 0 fully saturated rings. The highest BCUT2D eigenvalue weighted by Crippen LogP contribution is 2.19. The van der Waals surface area contributed by atoms with Gasteiger partial charge in [-0.15, -0.1) is 5.11 Å². The largest absolute Gasteiger partial charge is 0.240 e. The minimum atomic E-state index is 0.0694. The first kappa shape index (κ1) is 15.1. The third-order valence-electron chi connectivity index (χ3n) is 3.21. The van der Waals surface area contributed by atoms with E-state index in [-0.39, 0.29) is 6.17 Å². The second-order valence-corrected chi connectivity index (χ2v) is 4.94. The molecule has 3 heteroatoms. The van der Waals surface area contributed by atoms with Crippen molar-refractivity contribution in [2.45, 2.75) is 33.4 Å². The summed E-state index contributed by atoms with van der Waals surface area (Å²) in [6, 6.07) is 19.2. The van der Waals surface area contributed by atoms with Crippen molar-refractivity contribution >= 4 is 5.84 Å². The molecule has 0 N–H and O–H groups in total. The van der Waals surface area contributed by atoms with Gasteiger partial charge in [-0.2, -0.15) is 5.11 Å². The van der Waals surface area contributed by atoms with Crippen molar-refractivity contribution in [3.05, 3.63) is 60.2 Å². The molecule has 0 bridgehead atoms. The number of hydrogen-bond donors (Lipinski definition) is 0. The Balaban J connectivity index is 0.000000194. The van der Waals surface area contributed by atoms with Crippen LogP contribution >= 0.6 is 0 Å². The van der Waals surface area contributed by atoms with Gasteiger partial charge in [0.1, 0.15) is 5.84 Å². The van der Waals surface area contributed by atoms with Crippen LogP contribution < -0.4 is 0 Å². The third-order valence-corrected chi connectivity index (χ3v) is 3.21. The Labute approximate surface area is 126 Å². The van der Waals surface area contributed by atoms with Crippen molar-refractivity contribution in [3.8, 4) is 11.1 Å². The summed E-state index contributed by atoms with van der Waals surface area (Å²) < 4.78 is 0. The summed E-state index contributed by atoms with van der Waals surface area (Å²) in [5, 5.41) is 7.43. The molecular weight excluding hydrogens is 258 g/mol. The molecule has 2 aromatic carbocycles. The fourth-order valence-corrected chi connectivity index (χ4v) is 2.05. The smallest absolute Gasteiger partial charge is 0.160 e. The summed E-state index contributed by atoms with van der Waals surface area (Å²) in [4.78, 5) is 3.97. The van der Waals surface area contributed by atoms with Gasteiger partial charge in [0.25, 0.3) is 0 Å². The average Bonchev–Trinajstić information content (AvgIpc) is 2.92. The highest BCUT2D eigenvalue weighted by molar-refractivity contribution is 5.80. The van der Waals surface area contributed by atoms with E-state index in [1.165, 1.54) is 16.7 Å². The molecule has 21 heavy (non-hydrogen) atoms. The molecule has 0 amide bonds. The normalized spacial score (nSPS) is 16.1. The summed E-state index contributed by atoms with van der Waals surface area (Å²) in [5.74, 6) is 0.785. The summed E-state index contributed by atoms with van der Waals surface area (Å²) in [5.41, 5.74) is 3.97. The lowest BCUT2D eigenvalue weighted by atomic mass is 10.0. The van der Waals surface area contributed by atoms with Crippen LogP contribution in [-0.4, -0.2) is 12.0 Å². The van der Waals surface area contributed by atoms with Crippen molar-refractivity contribution < 1.29 is 0 Å². The molecule has 1 heterocycles. The Morgan fingerprint density at radius 1 is 0.905 bits per heavy atom. The molecule has 1 aliphatic rings. The van der Waals surface area contributed by atoms with Gasteiger partial charge in [0.15, 0.2) is 6.17 Å². The molecule has 1 unspecified atom stereocenters. The number of hydrogen-bond acceptors (Lipinski definition) is 3. The number of aliphatic imine (C=N–C) groups is 1. The van der Waals surface area contributed by atoms with Gasteiger partial charge in [0.05, 0.1) is 0 Å². The van der Waals surface area contributed by atoms with Crippen LogP contribution in [0.15, 0.2) is 69.8 Å². The quantitative estimate of drug-likeness (QED) is 0.730. The number of azo groups is 1. The van der Waals surface area contributed by atoms with E-state index in [1.807, 2.05) is 19.9 Å². The van der Waals surface area contributed by atoms with Gasteiger partial charge < -0.3 is 0 Å². The van der Waals surface area contributed by atoms with Crippen LogP contribution in [0.2, 0.25) is 0 Å². The van der Waals surface area contributed by atoms with E-state index < -0.39 is 0 Å². The minimum Gasteiger partial charge on any atom is -0.240 e. The first-order valence-corrected chi connectivity index (χ1v) is 7.28. The molecule has 3 nitrogen and oxygen atoms in total. The van der Waals surface area contributed by atoms with Crippen LogP contribution in [0.25, 0.3) is 11.1 Å². The molecule has 0 aliphatic carbocycles. The van der Waals surface area contributed by atoms with Gasteiger partial charge in [-0.1, -0.05) is 61.5 Å². The zero-order valence-corrected chi connectivity index (χ0v) is 12.8. The van der Waals surface area contributed by atoms with Gasteiger partial charge >= 0.3 is 0 Å². The van der Waals surface area contributed by atoms with Crippen LogP contribution in [0.1, 0.15) is 26.3 Å². The van der Waals surface area contributed by atoms with Gasteiger partial charge in [-0.25, -0.2) is 4.99 Å². The summed E-state index contributed by atoms with van der Waals surface area (Å²) in [7, 11) is 0. The van der Waals surface area contributed by atoms with Crippen LogP contribution in [0.4, 0.5) is 0 Å². The topological polar surface area (TPSA) is 37.1 Å². The van der Waals surface area contributed by atoms with Gasteiger partial charge in [-0.3, -0.25) is 0 Å². The van der Waals surface area contributed by atoms with Crippen LogP contribution in [0.3, 0.4) is 0 Å². The Morgan fingerprint density at radius 3 is 1.95 bits per heavy atom. The summed E-state index contributed by atoms with van der Waals surface area (Å²) in [6.07, 6.45) is 1.18. The fraction of sp³-hybridized carbons (Fsp3) is 0.278. The standard InChI is InChI=1S/C14H14.C4H7N3/c1-2-12-8-10-14(11-9-12)13-6-4-3-5-7-13;1-3-5-4(2)7-6-3/h3-11H,2H2,1H3;3H,1-2H3. The maximum absolute atomic E-state index is 3.97. The second-order valence-electron chi connectivity index (χ2n) is 4.94. The number of aryl methyl sites for hydroxylation is 1. The lowest BCUT2D eigenvalue weighted by Gasteiger charge is -2.02. The fourth-order valence-electron chi connectivity index (χ4n) is 2.05. The molecule has 1 atom stereocenters. The molecule has 0 aromatic heterocycles. The molecule has 0 radical (unpaired) electrons. The van der Waals surface area contributed by atoms with Gasteiger partial charge in [0, 0.05) is 0 Å². The predicted octanol–water partition coefficient (Wildman–Crippen LogP) is 5.13. The average molecular weight is 279 g/mol. The van der Waals surface area contributed by atoms with Gasteiger partial charge in [-0.05, 0) is 37.0 Å². The van der Waals surface area contributed by atoms with E-state index in [9.17, 15) is 0 Å². The lowest BCUT2D eigenvalue weighted by molar-refractivity contribution is 0.788. The molecular formula is C18H21N3. The zero-order chi connectivity index (χ0) is 15.1. The molecule has 0 spiro atoms. The lowest BCUT2D eigenvalue weighted by Crippen LogP contribution is -1.85. The highest BCUT2D eigenvalue weighted by atomic mass is 15.3. The van der Waals surface area contributed by atoms with E-state index in [4.69, 9.17) is 0 Å². The maximum atomic E-state index is 3.97. The summed E-state index contributed by atoms with van der Waals surface area (Å²) >= 11 is 0. The number of nitrogens with zero attached hydrogens (tertiary/aromatic N) is 3. The molecule has 0 saturated carbocycles. The first-order valence-electron chi connectivity index (χ1n) is 7.28. The number of rotatable bonds is 2. The second kappa shape index (κ2) is 7.48. The maximum Gasteiger partial charge on any atom is 0.160 e. The highest BCUT2D eigenvalue weighted by Gasteiger charge is 2.01. The number of amidine groups is 1. The Hall–Kier alpha value is -2.29. The SMILES string of the molecule is CC1=NC(C)N=N1.CCc1ccc(-c2ccccc2)cc1. The van der Waals surface area contributed by atoms with E-state index in [0.29, 0.717) is 0 Å². The Kier molecular flexibility index (Phi) is 5.38. The molecule has 3 rings (SSSR count). The Morgan fingerprint density at radius 2 is 1.52 bits per heavy atom. The van der Waals surface area contributed by atoms with Crippen molar-refractivity contribution in [2.24, 2.45) is 15.2 Å². The zero-order valence-electron chi connectivity index (χ0n) is 12.8. The summed E-state index contributed by atoms with van der Waals surface area (Å²) in [6.45, 7) is 5.92. The third kappa shape index (κ3) is 4.63. The van der Waals surface area contributed by atoms with Crippen molar-refractivity contribution in [2.75, 3.05) is 0 Å². The molecule has 1 aliphatic heterocycles. The van der Waals surface area contributed by atoms with Crippen LogP contribution in [0, 0.1) is 0 Å². The van der Waals surface area contributed by atoms with Crippen molar-refractivity contribution in [1.29, 1.82) is 0 Å².